The van der Waals surface area contributed by atoms with Crippen molar-refractivity contribution in [2.75, 3.05) is 37.6 Å². The van der Waals surface area contributed by atoms with Gasteiger partial charge in [-0.15, -0.1) is 0 Å². The number of hydrogen-bond acceptors (Lipinski definition) is 7. The highest BCUT2D eigenvalue weighted by atomic mass is 19.1. The SMILES string of the molecule is CC(=O)c1ccc(N2CCN(C(=O)CN3C(=O)c4ccc([N+](=O)[O-])cc4C3=O)CC2)c(F)c1. The molecule has 0 N–H and O–H groups in total. The minimum Gasteiger partial charge on any atom is -0.366 e. The Morgan fingerprint density at radius 3 is 2.27 bits per heavy atom. The van der Waals surface area contributed by atoms with Crippen molar-refractivity contribution in [2.45, 2.75) is 6.92 Å². The van der Waals surface area contributed by atoms with Crippen LogP contribution in [0.3, 0.4) is 0 Å². The molecule has 2 aromatic carbocycles. The molecule has 170 valence electrons. The number of halogens is 1. The third-order valence-corrected chi connectivity index (χ3v) is 5.79. The van der Waals surface area contributed by atoms with E-state index in [2.05, 4.69) is 0 Å². The summed E-state index contributed by atoms with van der Waals surface area (Å²) in [6, 6.07) is 7.64. The van der Waals surface area contributed by atoms with Crippen LogP contribution in [0.1, 0.15) is 38.0 Å². The van der Waals surface area contributed by atoms with E-state index in [0.717, 1.165) is 17.0 Å². The molecule has 1 fully saturated rings. The van der Waals surface area contributed by atoms with Crippen LogP contribution in [0.2, 0.25) is 0 Å². The van der Waals surface area contributed by atoms with Crippen LogP contribution >= 0.6 is 0 Å². The molecule has 11 heteroatoms. The molecule has 0 bridgehead atoms. The number of benzene rings is 2. The first-order chi connectivity index (χ1) is 15.7. The maximum atomic E-state index is 14.4. The van der Waals surface area contributed by atoms with Crippen molar-refractivity contribution in [3.8, 4) is 0 Å². The van der Waals surface area contributed by atoms with Gasteiger partial charge in [0.15, 0.2) is 5.78 Å². The molecule has 0 unspecified atom stereocenters. The molecule has 10 nitrogen and oxygen atoms in total. The molecule has 0 atom stereocenters. The van der Waals surface area contributed by atoms with E-state index in [0.29, 0.717) is 18.8 Å². The van der Waals surface area contributed by atoms with Gasteiger partial charge in [0, 0.05) is 43.9 Å². The molecule has 2 aliphatic heterocycles. The van der Waals surface area contributed by atoms with E-state index in [-0.39, 0.29) is 41.3 Å². The summed E-state index contributed by atoms with van der Waals surface area (Å²) in [6.07, 6.45) is 0. The molecular formula is C22H19FN4O6. The fourth-order valence-corrected chi connectivity index (χ4v) is 3.95. The Morgan fingerprint density at radius 2 is 1.67 bits per heavy atom. The molecule has 4 rings (SSSR count). The number of rotatable bonds is 5. The highest BCUT2D eigenvalue weighted by Gasteiger charge is 2.38. The Hall–Kier alpha value is -4.15. The zero-order chi connectivity index (χ0) is 23.9. The van der Waals surface area contributed by atoms with Gasteiger partial charge < -0.3 is 9.80 Å². The quantitative estimate of drug-likeness (QED) is 0.293. The van der Waals surface area contributed by atoms with E-state index in [9.17, 15) is 33.7 Å². The summed E-state index contributed by atoms with van der Waals surface area (Å²) < 4.78 is 14.4. The van der Waals surface area contributed by atoms with Crippen LogP contribution in [0.25, 0.3) is 0 Å². The van der Waals surface area contributed by atoms with Crippen molar-refractivity contribution in [1.29, 1.82) is 0 Å². The predicted molar refractivity (Wildman–Crippen MR) is 114 cm³/mol. The molecule has 3 amide bonds. The maximum absolute atomic E-state index is 14.4. The van der Waals surface area contributed by atoms with Crippen LogP contribution in [-0.4, -0.2) is 71.0 Å². The first kappa shape index (κ1) is 22.1. The largest absolute Gasteiger partial charge is 0.366 e. The van der Waals surface area contributed by atoms with Gasteiger partial charge in [0.05, 0.1) is 21.7 Å². The summed E-state index contributed by atoms with van der Waals surface area (Å²) in [5.41, 5.74) is 0.206. The molecular weight excluding hydrogens is 435 g/mol. The zero-order valence-corrected chi connectivity index (χ0v) is 17.6. The smallest absolute Gasteiger partial charge is 0.270 e. The standard InChI is InChI=1S/C22H19FN4O6/c1-13(28)14-2-5-19(18(23)10-14)24-6-8-25(9-7-24)20(29)12-26-21(30)16-4-3-15(27(32)33)11-17(16)22(26)31/h2-5,10-11H,6-9,12H2,1H3. The fourth-order valence-electron chi connectivity index (χ4n) is 3.95. The number of nitro groups is 1. The number of imide groups is 1. The minimum atomic E-state index is -0.752. The van der Waals surface area contributed by atoms with Gasteiger partial charge in [-0.25, -0.2) is 4.39 Å². The van der Waals surface area contributed by atoms with Gasteiger partial charge in [-0.1, -0.05) is 0 Å². The molecule has 33 heavy (non-hydrogen) atoms. The molecule has 2 heterocycles. The minimum absolute atomic E-state index is 0.0210. The van der Waals surface area contributed by atoms with Gasteiger partial charge in [0.2, 0.25) is 5.91 Å². The van der Waals surface area contributed by atoms with Crippen LogP contribution in [0.4, 0.5) is 15.8 Å². The Labute approximate surface area is 187 Å². The summed E-state index contributed by atoms with van der Waals surface area (Å²) >= 11 is 0. The van der Waals surface area contributed by atoms with E-state index in [1.54, 1.807) is 11.0 Å². The van der Waals surface area contributed by atoms with Crippen LogP contribution < -0.4 is 4.90 Å². The van der Waals surface area contributed by atoms with Gasteiger partial charge in [-0.3, -0.25) is 34.2 Å². The van der Waals surface area contributed by atoms with Crippen molar-refractivity contribution in [1.82, 2.24) is 9.80 Å². The van der Waals surface area contributed by atoms with E-state index < -0.39 is 35.0 Å². The molecule has 0 saturated carbocycles. The lowest BCUT2D eigenvalue weighted by Crippen LogP contribution is -2.52. The molecule has 1 saturated heterocycles. The Bertz CT molecular complexity index is 1210. The maximum Gasteiger partial charge on any atom is 0.270 e. The number of anilines is 1. The lowest BCUT2D eigenvalue weighted by molar-refractivity contribution is -0.384. The van der Waals surface area contributed by atoms with Crippen molar-refractivity contribution < 1.29 is 28.5 Å². The highest BCUT2D eigenvalue weighted by molar-refractivity contribution is 6.22. The summed E-state index contributed by atoms with van der Waals surface area (Å²) in [5.74, 6) is -2.64. The highest BCUT2D eigenvalue weighted by Crippen LogP contribution is 2.27. The number of piperazine rings is 1. The van der Waals surface area contributed by atoms with E-state index >= 15 is 0 Å². The zero-order valence-electron chi connectivity index (χ0n) is 17.6. The second kappa shape index (κ2) is 8.41. The van der Waals surface area contributed by atoms with Gasteiger partial charge >= 0.3 is 0 Å². The summed E-state index contributed by atoms with van der Waals surface area (Å²) in [7, 11) is 0. The number of carbonyl (C=O) groups is 4. The van der Waals surface area contributed by atoms with Crippen LogP contribution in [0.15, 0.2) is 36.4 Å². The topological polar surface area (TPSA) is 121 Å². The Kier molecular flexibility index (Phi) is 5.62. The normalized spacial score (nSPS) is 15.6. The Balaban J connectivity index is 1.40. The van der Waals surface area contributed by atoms with Crippen LogP contribution in [-0.2, 0) is 4.79 Å². The van der Waals surface area contributed by atoms with Gasteiger partial charge in [0.1, 0.15) is 12.4 Å². The third kappa shape index (κ3) is 4.04. The number of fused-ring (bicyclic) bond motifs is 1. The summed E-state index contributed by atoms with van der Waals surface area (Å²) in [6.45, 7) is 2.03. The number of non-ortho nitro benzene ring substituents is 1. The van der Waals surface area contributed by atoms with Gasteiger partial charge in [-0.2, -0.15) is 0 Å². The van der Waals surface area contributed by atoms with E-state index in [1.165, 1.54) is 30.0 Å². The van der Waals surface area contributed by atoms with E-state index in [1.807, 2.05) is 0 Å². The monoisotopic (exact) mass is 454 g/mol. The van der Waals surface area contributed by atoms with Crippen molar-refractivity contribution in [3.63, 3.8) is 0 Å². The summed E-state index contributed by atoms with van der Waals surface area (Å²) in [5, 5.41) is 10.9. The number of hydrogen-bond donors (Lipinski definition) is 0. The van der Waals surface area contributed by atoms with Crippen molar-refractivity contribution >= 4 is 34.9 Å². The Morgan fingerprint density at radius 1 is 1.00 bits per heavy atom. The average Bonchev–Trinajstić information content (AvgIpc) is 3.03. The van der Waals surface area contributed by atoms with Crippen LogP contribution in [0.5, 0.6) is 0 Å². The lowest BCUT2D eigenvalue weighted by Gasteiger charge is -2.36. The molecule has 0 spiro atoms. The van der Waals surface area contributed by atoms with Gasteiger partial charge in [-0.05, 0) is 31.2 Å². The summed E-state index contributed by atoms with van der Waals surface area (Å²) in [4.78, 5) is 63.6. The first-order valence-corrected chi connectivity index (χ1v) is 10.1. The number of Topliss-reactive ketones (excluding diaryl/α,β-unsaturated/α-hetero) is 1. The lowest BCUT2D eigenvalue weighted by atomic mass is 10.1. The number of nitrogens with zero attached hydrogens (tertiary/aromatic N) is 4. The molecule has 0 aliphatic carbocycles. The first-order valence-electron chi connectivity index (χ1n) is 10.1. The molecule has 2 aromatic rings. The molecule has 2 aliphatic rings. The predicted octanol–water partition coefficient (Wildman–Crippen LogP) is 1.88. The fraction of sp³-hybridized carbons (Fsp3) is 0.273. The number of amides is 3. The molecule has 0 aromatic heterocycles. The molecule has 0 radical (unpaired) electrons. The number of nitro benzene ring substituents is 1. The average molecular weight is 454 g/mol. The third-order valence-electron chi connectivity index (χ3n) is 5.79. The van der Waals surface area contributed by atoms with Crippen LogP contribution in [0, 0.1) is 15.9 Å². The second-order valence-electron chi connectivity index (χ2n) is 7.77. The van der Waals surface area contributed by atoms with Crippen molar-refractivity contribution in [3.05, 3.63) is 69.0 Å². The number of ketones is 1. The van der Waals surface area contributed by atoms with E-state index in [4.69, 9.17) is 0 Å². The van der Waals surface area contributed by atoms with Gasteiger partial charge in [0.25, 0.3) is 17.5 Å². The van der Waals surface area contributed by atoms with Crippen molar-refractivity contribution in [2.24, 2.45) is 0 Å². The number of carbonyl (C=O) groups excluding carboxylic acids is 4. The second-order valence-corrected chi connectivity index (χ2v) is 7.77.